The molecule has 0 saturated carbocycles. The van der Waals surface area contributed by atoms with Gasteiger partial charge in [-0.3, -0.25) is 0 Å². The van der Waals surface area contributed by atoms with E-state index in [1.54, 1.807) is 19.1 Å². The molecule has 3 aromatic rings. The molecule has 1 aromatic heterocycles. The van der Waals surface area contributed by atoms with Crippen LogP contribution in [0.15, 0.2) is 46.9 Å². The average molecular weight is 506 g/mol. The number of rotatable bonds is 12. The fraction of sp³-hybridized carbons (Fsp3) is 0.407. The van der Waals surface area contributed by atoms with Crippen LogP contribution >= 0.6 is 0 Å². The molecular weight excluding hydrogens is 475 g/mol. The van der Waals surface area contributed by atoms with Gasteiger partial charge in [-0.05, 0) is 49.1 Å². The number of aryl methyl sites for hydroxylation is 1. The minimum atomic E-state index is -4.45. The molecule has 0 aliphatic heterocycles. The first-order chi connectivity index (χ1) is 17.1. The summed E-state index contributed by atoms with van der Waals surface area (Å²) in [6.45, 7) is 6.89. The smallest absolute Gasteiger partial charge is 0.416 e. The zero-order chi connectivity index (χ0) is 26.3. The summed E-state index contributed by atoms with van der Waals surface area (Å²) >= 11 is 0. The largest absolute Gasteiger partial charge is 0.478 e. The van der Waals surface area contributed by atoms with Crippen molar-refractivity contribution in [2.75, 3.05) is 13.2 Å². The van der Waals surface area contributed by atoms with Crippen LogP contribution in [0.5, 0.6) is 0 Å². The first-order valence-corrected chi connectivity index (χ1v) is 11.7. The molecule has 36 heavy (non-hydrogen) atoms. The molecule has 0 spiro atoms. The van der Waals surface area contributed by atoms with Gasteiger partial charge < -0.3 is 19.0 Å². The second-order valence-corrected chi connectivity index (χ2v) is 8.79. The monoisotopic (exact) mass is 505 g/mol. The number of halogens is 3. The number of ether oxygens (including phenoxy) is 2. The molecule has 0 saturated heterocycles. The number of aromatic carboxylic acids is 1. The number of carboxylic acid groups (broad SMARTS) is 1. The molecular formula is C27H30F3NO5. The van der Waals surface area contributed by atoms with Crippen molar-refractivity contribution in [3.63, 3.8) is 0 Å². The normalized spacial score (nSPS) is 11.9. The van der Waals surface area contributed by atoms with Gasteiger partial charge in [0.25, 0.3) is 0 Å². The van der Waals surface area contributed by atoms with Gasteiger partial charge in [-0.2, -0.15) is 13.2 Å². The van der Waals surface area contributed by atoms with Crippen molar-refractivity contribution < 1.29 is 37.0 Å². The average Bonchev–Trinajstić information content (AvgIpc) is 3.25. The van der Waals surface area contributed by atoms with E-state index in [9.17, 15) is 23.1 Å². The topological polar surface area (TPSA) is 81.8 Å². The van der Waals surface area contributed by atoms with Crippen molar-refractivity contribution in [2.45, 2.75) is 58.9 Å². The summed E-state index contributed by atoms with van der Waals surface area (Å²) in [7, 11) is 0. The number of carboxylic acids is 1. The molecule has 3 rings (SSSR count). The number of carbonyl (C=O) groups is 1. The lowest BCUT2D eigenvalue weighted by Crippen LogP contribution is -2.07. The Bertz CT molecular complexity index is 1170. The highest BCUT2D eigenvalue weighted by Crippen LogP contribution is 2.33. The SMILES string of the molecule is Cc1cccc(COCCCCOCc2nc(-c3cccc(C(F)(F)F)c3)oc2C(C)C)c1C(=O)O. The predicted molar refractivity (Wildman–Crippen MR) is 128 cm³/mol. The highest BCUT2D eigenvalue weighted by Gasteiger charge is 2.31. The molecule has 6 nitrogen and oxygen atoms in total. The summed E-state index contributed by atoms with van der Waals surface area (Å²) < 4.78 is 56.4. The summed E-state index contributed by atoms with van der Waals surface area (Å²) in [5, 5.41) is 9.38. The Labute approximate surface area is 208 Å². The fourth-order valence-electron chi connectivity index (χ4n) is 3.78. The first kappa shape index (κ1) is 27.4. The number of hydrogen-bond acceptors (Lipinski definition) is 5. The van der Waals surface area contributed by atoms with Crippen LogP contribution in [0, 0.1) is 6.92 Å². The van der Waals surface area contributed by atoms with Gasteiger partial charge >= 0.3 is 12.1 Å². The fourth-order valence-corrected chi connectivity index (χ4v) is 3.78. The maximum Gasteiger partial charge on any atom is 0.416 e. The molecule has 1 N–H and O–H groups in total. The van der Waals surface area contributed by atoms with Gasteiger partial charge in [-0.15, -0.1) is 0 Å². The molecule has 0 atom stereocenters. The minimum Gasteiger partial charge on any atom is -0.478 e. The second-order valence-electron chi connectivity index (χ2n) is 8.79. The first-order valence-electron chi connectivity index (χ1n) is 11.7. The van der Waals surface area contributed by atoms with E-state index in [0.717, 1.165) is 25.0 Å². The molecule has 9 heteroatoms. The Balaban J connectivity index is 1.48. The Morgan fingerprint density at radius 1 is 1.06 bits per heavy atom. The number of alkyl halides is 3. The minimum absolute atomic E-state index is 0.0126. The van der Waals surface area contributed by atoms with Crippen molar-refractivity contribution in [3.05, 3.63) is 76.2 Å². The number of nitrogens with zero attached hydrogens (tertiary/aromatic N) is 1. The Hall–Kier alpha value is -3.17. The molecule has 0 amide bonds. The zero-order valence-electron chi connectivity index (χ0n) is 20.5. The van der Waals surface area contributed by atoms with Gasteiger partial charge in [-0.1, -0.05) is 38.1 Å². The van der Waals surface area contributed by atoms with Crippen molar-refractivity contribution >= 4 is 5.97 Å². The van der Waals surface area contributed by atoms with Gasteiger partial charge in [0.15, 0.2) is 0 Å². The second kappa shape index (κ2) is 12.2. The van der Waals surface area contributed by atoms with E-state index in [1.807, 2.05) is 19.9 Å². The van der Waals surface area contributed by atoms with E-state index < -0.39 is 17.7 Å². The van der Waals surface area contributed by atoms with Crippen LogP contribution in [-0.4, -0.2) is 29.3 Å². The van der Waals surface area contributed by atoms with E-state index in [2.05, 4.69) is 4.98 Å². The molecule has 0 aliphatic carbocycles. The third-order valence-electron chi connectivity index (χ3n) is 5.59. The van der Waals surface area contributed by atoms with E-state index in [4.69, 9.17) is 13.9 Å². The van der Waals surface area contributed by atoms with Crippen molar-refractivity contribution in [1.82, 2.24) is 4.98 Å². The van der Waals surface area contributed by atoms with Gasteiger partial charge in [0.05, 0.1) is 24.3 Å². The molecule has 2 aromatic carbocycles. The van der Waals surface area contributed by atoms with Gasteiger partial charge in [0.1, 0.15) is 11.5 Å². The Morgan fingerprint density at radius 2 is 1.72 bits per heavy atom. The highest BCUT2D eigenvalue weighted by atomic mass is 19.4. The van der Waals surface area contributed by atoms with Crippen LogP contribution < -0.4 is 0 Å². The van der Waals surface area contributed by atoms with E-state index in [1.165, 1.54) is 12.1 Å². The number of benzene rings is 2. The predicted octanol–water partition coefficient (Wildman–Crippen LogP) is 7.00. The van der Waals surface area contributed by atoms with Crippen molar-refractivity contribution in [3.8, 4) is 11.5 Å². The van der Waals surface area contributed by atoms with Gasteiger partial charge in [0.2, 0.25) is 5.89 Å². The van der Waals surface area contributed by atoms with Crippen molar-refractivity contribution in [1.29, 1.82) is 0 Å². The van der Waals surface area contributed by atoms with Gasteiger partial charge in [-0.25, -0.2) is 9.78 Å². The van der Waals surface area contributed by atoms with Crippen LogP contribution in [0.25, 0.3) is 11.5 Å². The number of unbranched alkanes of at least 4 members (excludes halogenated alkanes) is 1. The quantitative estimate of drug-likeness (QED) is 0.267. The standard InChI is InChI=1S/C27H30F3NO5/c1-17(2)24-22(31-25(36-24)19-9-7-11-21(14-19)27(28,29)30)16-35-13-5-4-12-34-15-20-10-6-8-18(3)23(20)26(32)33/h6-11,14,17H,4-5,12-13,15-16H2,1-3H3,(H,32,33). The number of oxazole rings is 1. The highest BCUT2D eigenvalue weighted by molar-refractivity contribution is 5.91. The maximum atomic E-state index is 13.1. The lowest BCUT2D eigenvalue weighted by Gasteiger charge is -2.10. The summed E-state index contributed by atoms with van der Waals surface area (Å²) in [5.41, 5.74) is 1.68. The lowest BCUT2D eigenvalue weighted by molar-refractivity contribution is -0.137. The van der Waals surface area contributed by atoms with Crippen LogP contribution in [0.4, 0.5) is 13.2 Å². The lowest BCUT2D eigenvalue weighted by atomic mass is 10.0. The van der Waals surface area contributed by atoms with E-state index in [0.29, 0.717) is 35.8 Å². The maximum absolute atomic E-state index is 13.1. The third kappa shape index (κ3) is 7.18. The summed E-state index contributed by atoms with van der Waals surface area (Å²) in [5.74, 6) is -0.266. The number of aromatic nitrogens is 1. The molecule has 0 aliphatic rings. The third-order valence-corrected chi connectivity index (χ3v) is 5.59. The molecule has 0 bridgehead atoms. The Morgan fingerprint density at radius 3 is 2.36 bits per heavy atom. The molecule has 194 valence electrons. The van der Waals surface area contributed by atoms with Crippen LogP contribution in [0.2, 0.25) is 0 Å². The summed E-state index contributed by atoms with van der Waals surface area (Å²) in [6, 6.07) is 10.2. The zero-order valence-corrected chi connectivity index (χ0v) is 20.5. The van der Waals surface area contributed by atoms with Crippen molar-refractivity contribution in [2.24, 2.45) is 0 Å². The molecule has 0 radical (unpaired) electrons. The molecule has 1 heterocycles. The molecule has 0 unspecified atom stereocenters. The van der Waals surface area contributed by atoms with Crippen LogP contribution in [0.3, 0.4) is 0 Å². The summed E-state index contributed by atoms with van der Waals surface area (Å²) in [6.07, 6.45) is -3.01. The van der Waals surface area contributed by atoms with Crippen LogP contribution in [0.1, 0.15) is 71.1 Å². The molecule has 0 fully saturated rings. The number of hydrogen-bond donors (Lipinski definition) is 1. The van der Waals surface area contributed by atoms with Crippen LogP contribution in [-0.2, 0) is 28.9 Å². The summed E-state index contributed by atoms with van der Waals surface area (Å²) in [4.78, 5) is 15.8. The van der Waals surface area contributed by atoms with E-state index in [-0.39, 0.29) is 36.1 Å². The Kier molecular flexibility index (Phi) is 9.28. The van der Waals surface area contributed by atoms with Gasteiger partial charge in [0, 0.05) is 24.7 Å². The van der Waals surface area contributed by atoms with E-state index >= 15 is 0 Å².